The van der Waals surface area contributed by atoms with E-state index in [-0.39, 0.29) is 0 Å². The van der Waals surface area contributed by atoms with Gasteiger partial charge in [-0.05, 0) is 30.4 Å². The van der Waals surface area contributed by atoms with Crippen LogP contribution in [0.2, 0.25) is 0 Å². The van der Waals surface area contributed by atoms with Gasteiger partial charge in [0, 0.05) is 39.4 Å². The Labute approximate surface area is 134 Å². The molecule has 5 nitrogen and oxygen atoms in total. The van der Waals surface area contributed by atoms with Crippen molar-refractivity contribution in [3.05, 3.63) is 30.1 Å². The fraction of sp³-hybridized carbons (Fsp3) is 0.647. The van der Waals surface area contributed by atoms with Gasteiger partial charge in [0.15, 0.2) is 5.96 Å². The molecule has 1 fully saturated rings. The van der Waals surface area contributed by atoms with Gasteiger partial charge in [0.2, 0.25) is 0 Å². The third-order valence-corrected chi connectivity index (χ3v) is 4.05. The van der Waals surface area contributed by atoms with E-state index in [1.165, 1.54) is 19.5 Å². The second-order valence-electron chi connectivity index (χ2n) is 6.38. The number of nitrogens with zero attached hydrogens (tertiary/aromatic N) is 3. The molecule has 0 saturated carbocycles. The molecule has 0 amide bonds. The molecule has 2 unspecified atom stereocenters. The van der Waals surface area contributed by atoms with Gasteiger partial charge in [-0.2, -0.15) is 0 Å². The number of piperidine rings is 1. The molecule has 2 N–H and O–H groups in total. The molecule has 1 aliphatic rings. The van der Waals surface area contributed by atoms with Crippen LogP contribution in [0.4, 0.5) is 0 Å². The van der Waals surface area contributed by atoms with Gasteiger partial charge in [0.25, 0.3) is 0 Å². The maximum Gasteiger partial charge on any atom is 0.191 e. The number of aliphatic imine (C=N–C) groups is 1. The van der Waals surface area contributed by atoms with Gasteiger partial charge in [-0.1, -0.05) is 19.9 Å². The van der Waals surface area contributed by atoms with Crippen LogP contribution >= 0.6 is 0 Å². The summed E-state index contributed by atoms with van der Waals surface area (Å²) in [5.74, 6) is 2.46. The summed E-state index contributed by atoms with van der Waals surface area (Å²) in [6.07, 6.45) is 3.17. The van der Waals surface area contributed by atoms with Crippen LogP contribution in [0.5, 0.6) is 0 Å². The molecular formula is C17H29N5. The molecule has 0 spiro atoms. The minimum absolute atomic E-state index is 0.693. The van der Waals surface area contributed by atoms with Crippen LogP contribution in [0.3, 0.4) is 0 Å². The summed E-state index contributed by atoms with van der Waals surface area (Å²) in [5.41, 5.74) is 1.02. The van der Waals surface area contributed by atoms with E-state index < -0.39 is 0 Å². The maximum atomic E-state index is 4.30. The van der Waals surface area contributed by atoms with Crippen molar-refractivity contribution in [1.29, 1.82) is 0 Å². The van der Waals surface area contributed by atoms with Crippen LogP contribution in [0.1, 0.15) is 26.0 Å². The number of nitrogens with one attached hydrogen (secondary N) is 2. The standard InChI is InChI=1S/C17H29N5/c1-14-10-15(2)13-22(12-14)9-8-20-17(18-3)21-11-16-6-4-5-7-19-16/h4-7,14-15H,8-13H2,1-3H3,(H2,18,20,21). The van der Waals surface area contributed by atoms with Gasteiger partial charge >= 0.3 is 0 Å². The van der Waals surface area contributed by atoms with Crippen LogP contribution in [0, 0.1) is 11.8 Å². The fourth-order valence-electron chi connectivity index (χ4n) is 3.20. The minimum atomic E-state index is 0.693. The number of guanidine groups is 1. The molecule has 2 rings (SSSR count). The number of aromatic nitrogens is 1. The van der Waals surface area contributed by atoms with Gasteiger partial charge in [-0.25, -0.2) is 0 Å². The summed E-state index contributed by atoms with van der Waals surface area (Å²) in [7, 11) is 1.80. The Bertz CT molecular complexity index is 449. The molecule has 1 aromatic heterocycles. The van der Waals surface area contributed by atoms with Crippen LogP contribution in [0.15, 0.2) is 29.4 Å². The molecule has 0 bridgehead atoms. The van der Waals surface area contributed by atoms with E-state index >= 15 is 0 Å². The molecule has 1 saturated heterocycles. The summed E-state index contributed by atoms with van der Waals surface area (Å²) in [6.45, 7) is 9.81. The van der Waals surface area contributed by atoms with Crippen molar-refractivity contribution in [3.63, 3.8) is 0 Å². The van der Waals surface area contributed by atoms with E-state index in [4.69, 9.17) is 0 Å². The van der Waals surface area contributed by atoms with E-state index in [0.29, 0.717) is 6.54 Å². The van der Waals surface area contributed by atoms with Crippen molar-refractivity contribution < 1.29 is 0 Å². The van der Waals surface area contributed by atoms with Gasteiger partial charge in [-0.15, -0.1) is 0 Å². The number of rotatable bonds is 5. The lowest BCUT2D eigenvalue weighted by atomic mass is 9.92. The zero-order chi connectivity index (χ0) is 15.8. The monoisotopic (exact) mass is 303 g/mol. The first kappa shape index (κ1) is 16.7. The molecule has 5 heteroatoms. The van der Waals surface area contributed by atoms with Crippen molar-refractivity contribution in [3.8, 4) is 0 Å². The molecule has 2 heterocycles. The van der Waals surface area contributed by atoms with Crippen molar-refractivity contribution in [2.45, 2.75) is 26.8 Å². The molecule has 0 aromatic carbocycles. The second-order valence-corrected chi connectivity index (χ2v) is 6.38. The smallest absolute Gasteiger partial charge is 0.191 e. The first-order chi connectivity index (χ1) is 10.7. The predicted molar refractivity (Wildman–Crippen MR) is 91.8 cm³/mol. The normalized spacial score (nSPS) is 23.3. The topological polar surface area (TPSA) is 52.6 Å². The van der Waals surface area contributed by atoms with Crippen LogP contribution in [0.25, 0.3) is 0 Å². The van der Waals surface area contributed by atoms with Gasteiger partial charge in [-0.3, -0.25) is 9.98 Å². The Hall–Kier alpha value is -1.62. The fourth-order valence-corrected chi connectivity index (χ4v) is 3.20. The molecule has 22 heavy (non-hydrogen) atoms. The Morgan fingerprint density at radius 3 is 2.68 bits per heavy atom. The van der Waals surface area contributed by atoms with Crippen molar-refractivity contribution in [1.82, 2.24) is 20.5 Å². The number of hydrogen-bond acceptors (Lipinski definition) is 3. The third-order valence-electron chi connectivity index (χ3n) is 4.05. The quantitative estimate of drug-likeness (QED) is 0.642. The lowest BCUT2D eigenvalue weighted by molar-refractivity contribution is 0.143. The van der Waals surface area contributed by atoms with E-state index in [0.717, 1.165) is 36.6 Å². The molecule has 1 aliphatic heterocycles. The van der Waals surface area contributed by atoms with E-state index in [1.54, 1.807) is 7.05 Å². The number of likely N-dealkylation sites (tertiary alicyclic amines) is 1. The molecule has 0 aliphatic carbocycles. The van der Waals surface area contributed by atoms with E-state index in [2.05, 4.69) is 39.4 Å². The summed E-state index contributed by atoms with van der Waals surface area (Å²) in [5, 5.41) is 6.68. The van der Waals surface area contributed by atoms with Crippen molar-refractivity contribution in [2.75, 3.05) is 33.2 Å². The van der Waals surface area contributed by atoms with Gasteiger partial charge in [0.05, 0.1) is 12.2 Å². The van der Waals surface area contributed by atoms with Crippen LogP contribution in [-0.2, 0) is 6.54 Å². The Balaban J connectivity index is 1.68. The van der Waals surface area contributed by atoms with Crippen LogP contribution in [-0.4, -0.2) is 49.1 Å². The number of pyridine rings is 1. The van der Waals surface area contributed by atoms with Gasteiger partial charge in [0.1, 0.15) is 0 Å². The molecule has 2 atom stereocenters. The van der Waals surface area contributed by atoms with E-state index in [9.17, 15) is 0 Å². The lowest BCUT2D eigenvalue weighted by Crippen LogP contribution is -2.45. The van der Waals surface area contributed by atoms with Crippen LogP contribution < -0.4 is 10.6 Å². The molecule has 122 valence electrons. The third kappa shape index (κ3) is 5.64. The zero-order valence-corrected chi connectivity index (χ0v) is 14.0. The van der Waals surface area contributed by atoms with E-state index in [1.807, 2.05) is 24.4 Å². The summed E-state index contributed by atoms with van der Waals surface area (Å²) < 4.78 is 0. The Morgan fingerprint density at radius 1 is 1.27 bits per heavy atom. The first-order valence-electron chi connectivity index (χ1n) is 8.24. The maximum absolute atomic E-state index is 4.30. The highest BCUT2D eigenvalue weighted by Crippen LogP contribution is 2.20. The molecule has 1 aromatic rings. The highest BCUT2D eigenvalue weighted by atomic mass is 15.2. The second kappa shape index (κ2) is 8.73. The number of hydrogen-bond donors (Lipinski definition) is 2. The lowest BCUT2D eigenvalue weighted by Gasteiger charge is -2.35. The average Bonchev–Trinajstić information content (AvgIpc) is 2.50. The average molecular weight is 303 g/mol. The first-order valence-corrected chi connectivity index (χ1v) is 8.24. The highest BCUT2D eigenvalue weighted by molar-refractivity contribution is 5.79. The van der Waals surface area contributed by atoms with Crippen molar-refractivity contribution >= 4 is 5.96 Å². The molecule has 0 radical (unpaired) electrons. The minimum Gasteiger partial charge on any atom is -0.355 e. The largest absolute Gasteiger partial charge is 0.355 e. The zero-order valence-electron chi connectivity index (χ0n) is 14.0. The molecular weight excluding hydrogens is 274 g/mol. The summed E-state index contributed by atoms with van der Waals surface area (Å²) in [6, 6.07) is 5.94. The Kier molecular flexibility index (Phi) is 6.65. The highest BCUT2D eigenvalue weighted by Gasteiger charge is 2.21. The van der Waals surface area contributed by atoms with Crippen molar-refractivity contribution in [2.24, 2.45) is 16.8 Å². The Morgan fingerprint density at radius 2 is 2.05 bits per heavy atom. The summed E-state index contributed by atoms with van der Waals surface area (Å²) >= 11 is 0. The SMILES string of the molecule is CN=C(NCCN1CC(C)CC(C)C1)NCc1ccccn1. The predicted octanol–water partition coefficient (Wildman–Crippen LogP) is 1.72. The summed E-state index contributed by atoms with van der Waals surface area (Å²) in [4.78, 5) is 11.1. The van der Waals surface area contributed by atoms with Gasteiger partial charge < -0.3 is 15.5 Å².